The van der Waals surface area contributed by atoms with E-state index in [0.717, 1.165) is 39.0 Å². The SMILES string of the molecule is Fc1cnc(N2CCOC3(CCNCC3)C2)nc1. The monoisotopic (exact) mass is 252 g/mol. The van der Waals surface area contributed by atoms with Crippen molar-refractivity contribution in [3.8, 4) is 0 Å². The maximum atomic E-state index is 12.8. The van der Waals surface area contributed by atoms with Crippen LogP contribution in [0.3, 0.4) is 0 Å². The number of hydrogen-bond donors (Lipinski definition) is 1. The molecule has 0 saturated carbocycles. The summed E-state index contributed by atoms with van der Waals surface area (Å²) < 4.78 is 18.8. The quantitative estimate of drug-likeness (QED) is 0.792. The second-order valence-electron chi connectivity index (χ2n) is 4.90. The summed E-state index contributed by atoms with van der Waals surface area (Å²) in [6.07, 6.45) is 4.44. The highest BCUT2D eigenvalue weighted by Gasteiger charge is 2.38. The van der Waals surface area contributed by atoms with Crippen LogP contribution in [0.5, 0.6) is 0 Å². The van der Waals surface area contributed by atoms with E-state index in [0.29, 0.717) is 12.6 Å². The average molecular weight is 252 g/mol. The second kappa shape index (κ2) is 4.78. The van der Waals surface area contributed by atoms with Gasteiger partial charge in [0.25, 0.3) is 0 Å². The Morgan fingerprint density at radius 3 is 2.72 bits per heavy atom. The molecule has 98 valence electrons. The van der Waals surface area contributed by atoms with Gasteiger partial charge in [-0.25, -0.2) is 14.4 Å². The number of aromatic nitrogens is 2. The molecule has 1 spiro atoms. The van der Waals surface area contributed by atoms with Crippen LogP contribution < -0.4 is 10.2 Å². The first-order chi connectivity index (χ1) is 8.77. The summed E-state index contributed by atoms with van der Waals surface area (Å²) in [4.78, 5) is 10.2. The molecule has 2 aliphatic heterocycles. The first-order valence-electron chi connectivity index (χ1n) is 6.35. The smallest absolute Gasteiger partial charge is 0.225 e. The number of ether oxygens (including phenoxy) is 1. The van der Waals surface area contributed by atoms with Crippen molar-refractivity contribution in [2.24, 2.45) is 0 Å². The molecule has 0 aliphatic carbocycles. The number of hydrogen-bond acceptors (Lipinski definition) is 5. The summed E-state index contributed by atoms with van der Waals surface area (Å²) in [7, 11) is 0. The van der Waals surface area contributed by atoms with Crippen molar-refractivity contribution in [3.63, 3.8) is 0 Å². The third-order valence-corrected chi connectivity index (χ3v) is 3.65. The minimum atomic E-state index is -0.399. The van der Waals surface area contributed by atoms with Gasteiger partial charge in [0, 0.05) is 6.54 Å². The first-order valence-corrected chi connectivity index (χ1v) is 6.35. The van der Waals surface area contributed by atoms with Crippen molar-refractivity contribution in [3.05, 3.63) is 18.2 Å². The maximum Gasteiger partial charge on any atom is 0.225 e. The zero-order valence-corrected chi connectivity index (χ0v) is 10.2. The van der Waals surface area contributed by atoms with E-state index < -0.39 is 5.82 Å². The van der Waals surface area contributed by atoms with Crippen molar-refractivity contribution in [1.29, 1.82) is 0 Å². The van der Waals surface area contributed by atoms with Crippen LogP contribution in [-0.4, -0.2) is 48.4 Å². The van der Waals surface area contributed by atoms with Crippen LogP contribution >= 0.6 is 0 Å². The lowest BCUT2D eigenvalue weighted by molar-refractivity contribution is -0.0742. The molecule has 1 N–H and O–H groups in total. The molecule has 0 atom stereocenters. The molecule has 0 bridgehead atoms. The van der Waals surface area contributed by atoms with Crippen LogP contribution in [0, 0.1) is 5.82 Å². The Labute approximate surface area is 105 Å². The Morgan fingerprint density at radius 2 is 2.00 bits per heavy atom. The fraction of sp³-hybridized carbons (Fsp3) is 0.667. The largest absolute Gasteiger partial charge is 0.371 e. The molecule has 3 heterocycles. The predicted molar refractivity (Wildman–Crippen MR) is 65.0 cm³/mol. The highest BCUT2D eigenvalue weighted by atomic mass is 19.1. The topological polar surface area (TPSA) is 50.3 Å². The molecule has 3 rings (SSSR count). The van der Waals surface area contributed by atoms with Gasteiger partial charge >= 0.3 is 0 Å². The highest BCUT2D eigenvalue weighted by Crippen LogP contribution is 2.28. The third kappa shape index (κ3) is 2.30. The summed E-state index contributed by atoms with van der Waals surface area (Å²) in [6, 6.07) is 0. The standard InChI is InChI=1S/C12H17FN4O/c13-10-7-15-11(16-8-10)17-5-6-18-12(9-17)1-3-14-4-2-12/h7-8,14H,1-6,9H2. The van der Waals surface area contributed by atoms with Gasteiger partial charge in [0.2, 0.25) is 5.95 Å². The Kier molecular flexibility index (Phi) is 3.13. The number of piperidine rings is 1. The molecular weight excluding hydrogens is 235 g/mol. The fourth-order valence-corrected chi connectivity index (χ4v) is 2.67. The minimum Gasteiger partial charge on any atom is -0.371 e. The molecule has 2 saturated heterocycles. The van der Waals surface area contributed by atoms with Crippen molar-refractivity contribution >= 4 is 5.95 Å². The normalized spacial score (nSPS) is 23.3. The molecule has 0 unspecified atom stereocenters. The third-order valence-electron chi connectivity index (χ3n) is 3.65. The summed E-state index contributed by atoms with van der Waals surface area (Å²) in [5.74, 6) is 0.196. The summed E-state index contributed by atoms with van der Waals surface area (Å²) >= 11 is 0. The molecule has 0 aromatic carbocycles. The zero-order chi connectivity index (χ0) is 12.4. The predicted octanol–water partition coefficient (Wildman–Crippen LogP) is 0.574. The van der Waals surface area contributed by atoms with Gasteiger partial charge < -0.3 is 15.0 Å². The van der Waals surface area contributed by atoms with Gasteiger partial charge in [0.15, 0.2) is 5.82 Å². The van der Waals surface area contributed by atoms with Crippen LogP contribution in [0.4, 0.5) is 10.3 Å². The van der Waals surface area contributed by atoms with E-state index in [4.69, 9.17) is 4.74 Å². The molecule has 0 radical (unpaired) electrons. The number of nitrogens with one attached hydrogen (secondary N) is 1. The van der Waals surface area contributed by atoms with Gasteiger partial charge in [-0.15, -0.1) is 0 Å². The van der Waals surface area contributed by atoms with Crippen LogP contribution in [0.25, 0.3) is 0 Å². The lowest BCUT2D eigenvalue weighted by atomic mass is 9.90. The first kappa shape index (κ1) is 11.8. The van der Waals surface area contributed by atoms with Gasteiger partial charge in [-0.1, -0.05) is 0 Å². The number of rotatable bonds is 1. The van der Waals surface area contributed by atoms with Crippen molar-refractivity contribution < 1.29 is 9.13 Å². The van der Waals surface area contributed by atoms with Gasteiger partial charge in [-0.05, 0) is 25.9 Å². The van der Waals surface area contributed by atoms with Gasteiger partial charge in [0.1, 0.15) is 0 Å². The molecule has 2 fully saturated rings. The molecule has 1 aromatic heterocycles. The molecule has 0 amide bonds. The summed E-state index contributed by atoms with van der Waals surface area (Å²) in [5, 5.41) is 3.34. The Balaban J connectivity index is 1.75. The average Bonchev–Trinajstić information content (AvgIpc) is 2.40. The number of anilines is 1. The molecule has 1 aromatic rings. The van der Waals surface area contributed by atoms with Crippen LogP contribution in [0.1, 0.15) is 12.8 Å². The van der Waals surface area contributed by atoms with Gasteiger partial charge in [-0.3, -0.25) is 0 Å². The van der Waals surface area contributed by atoms with E-state index in [2.05, 4.69) is 20.2 Å². The van der Waals surface area contributed by atoms with Gasteiger partial charge in [0.05, 0.1) is 31.1 Å². The summed E-state index contributed by atoms with van der Waals surface area (Å²) in [6.45, 7) is 4.21. The van der Waals surface area contributed by atoms with Crippen molar-refractivity contribution in [2.45, 2.75) is 18.4 Å². The van der Waals surface area contributed by atoms with E-state index >= 15 is 0 Å². The van der Waals surface area contributed by atoms with E-state index in [1.165, 1.54) is 12.4 Å². The van der Waals surface area contributed by atoms with Crippen LogP contribution in [0.2, 0.25) is 0 Å². The fourth-order valence-electron chi connectivity index (χ4n) is 2.67. The lowest BCUT2D eigenvalue weighted by Crippen LogP contribution is -2.56. The molecule has 5 nitrogen and oxygen atoms in total. The van der Waals surface area contributed by atoms with Crippen molar-refractivity contribution in [1.82, 2.24) is 15.3 Å². The Morgan fingerprint density at radius 1 is 1.28 bits per heavy atom. The van der Waals surface area contributed by atoms with Gasteiger partial charge in [-0.2, -0.15) is 0 Å². The van der Waals surface area contributed by atoms with Crippen molar-refractivity contribution in [2.75, 3.05) is 37.7 Å². The molecular formula is C12H17FN4O. The number of nitrogens with zero attached hydrogens (tertiary/aromatic N) is 3. The van der Waals surface area contributed by atoms with E-state index in [-0.39, 0.29) is 5.60 Å². The second-order valence-corrected chi connectivity index (χ2v) is 4.90. The summed E-state index contributed by atoms with van der Waals surface area (Å²) in [5.41, 5.74) is -0.0821. The minimum absolute atomic E-state index is 0.0821. The molecule has 18 heavy (non-hydrogen) atoms. The van der Waals surface area contributed by atoms with E-state index in [1.807, 2.05) is 0 Å². The van der Waals surface area contributed by atoms with Crippen LogP contribution in [-0.2, 0) is 4.74 Å². The van der Waals surface area contributed by atoms with E-state index in [9.17, 15) is 4.39 Å². The van der Waals surface area contributed by atoms with E-state index in [1.54, 1.807) is 0 Å². The highest BCUT2D eigenvalue weighted by molar-refractivity contribution is 5.30. The van der Waals surface area contributed by atoms with Crippen LogP contribution in [0.15, 0.2) is 12.4 Å². The lowest BCUT2D eigenvalue weighted by Gasteiger charge is -2.45. The molecule has 2 aliphatic rings. The zero-order valence-electron chi connectivity index (χ0n) is 10.2. The number of morpholine rings is 1. The Hall–Kier alpha value is -1.27. The maximum absolute atomic E-state index is 12.8. The number of halogens is 1. The Bertz CT molecular complexity index is 400. The molecule has 6 heteroatoms.